The number of hydrogen-bond acceptors (Lipinski definition) is 7. The van der Waals surface area contributed by atoms with Crippen LogP contribution in [0, 0.1) is 22.7 Å². The number of pyridine rings is 1. The summed E-state index contributed by atoms with van der Waals surface area (Å²) in [5, 5.41) is 19.4. The van der Waals surface area contributed by atoms with Gasteiger partial charge in [0, 0.05) is 22.6 Å². The Morgan fingerprint density at radius 1 is 1.19 bits per heavy atom. The fourth-order valence-electron chi connectivity index (χ4n) is 4.06. The van der Waals surface area contributed by atoms with E-state index in [2.05, 4.69) is 17.1 Å². The summed E-state index contributed by atoms with van der Waals surface area (Å²) in [4.78, 5) is 5.26. The predicted octanol–water partition coefficient (Wildman–Crippen LogP) is 4.13. The van der Waals surface area contributed by atoms with Gasteiger partial charge in [-0.1, -0.05) is 12.8 Å². The maximum Gasteiger partial charge on any atom is 0.141 e. The summed E-state index contributed by atoms with van der Waals surface area (Å²) < 4.78 is 13.2. The molecule has 1 aromatic carbocycles. The number of nitrogens with two attached hydrogens (primary N) is 1. The largest absolute Gasteiger partial charge is 0.497 e. The molecular weight excluding hydrogens is 410 g/mol. The van der Waals surface area contributed by atoms with E-state index in [0.29, 0.717) is 35.0 Å². The second-order valence-corrected chi connectivity index (χ2v) is 8.60. The van der Waals surface area contributed by atoms with Gasteiger partial charge in [0.1, 0.15) is 47.1 Å². The molecule has 158 valence electrons. The van der Waals surface area contributed by atoms with Gasteiger partial charge in [0.15, 0.2) is 0 Å². The molecule has 1 saturated carbocycles. The molecule has 1 aliphatic carbocycles. The number of thioether (sulfide) groups is 1. The molecule has 2 aromatic heterocycles. The Balaban J connectivity index is 1.82. The first-order chi connectivity index (χ1) is 15.0. The number of imidazole rings is 1. The molecule has 4 rings (SSSR count). The van der Waals surface area contributed by atoms with Crippen molar-refractivity contribution in [1.82, 2.24) is 9.38 Å². The number of hydrogen-bond donors (Lipinski definition) is 1. The van der Waals surface area contributed by atoms with Crippen molar-refractivity contribution >= 4 is 17.4 Å². The van der Waals surface area contributed by atoms with Gasteiger partial charge in [-0.15, -0.1) is 11.8 Å². The van der Waals surface area contributed by atoms with Crippen LogP contribution in [0.1, 0.15) is 36.9 Å². The number of rotatable bonds is 6. The smallest absolute Gasteiger partial charge is 0.141 e. The van der Waals surface area contributed by atoms with Crippen LogP contribution in [0.2, 0.25) is 0 Å². The first kappa shape index (κ1) is 21.0. The number of methoxy groups -OCH3 is 1. The maximum atomic E-state index is 9.77. The standard InChI is InChI=1S/C23H23N5O2S/c1-29-17-9-16(11-24)28-19(13-27-22(28)10-17)15-7-20(18(12-25)21(8-15)31-2)30-14-23(26)5-3-4-6-23/h7-10,13H,3-6,14,26H2,1-2H3. The van der Waals surface area contributed by atoms with Crippen molar-refractivity contribution in [1.29, 1.82) is 10.5 Å². The number of nitriles is 2. The van der Waals surface area contributed by atoms with Crippen LogP contribution >= 0.6 is 11.8 Å². The van der Waals surface area contributed by atoms with E-state index < -0.39 is 0 Å². The fraction of sp³-hybridized carbons (Fsp3) is 0.348. The van der Waals surface area contributed by atoms with Gasteiger partial charge in [-0.2, -0.15) is 10.5 Å². The normalized spacial score (nSPS) is 14.9. The molecule has 0 radical (unpaired) electrons. The molecule has 0 unspecified atom stereocenters. The third-order valence-electron chi connectivity index (χ3n) is 5.74. The lowest BCUT2D eigenvalue weighted by Crippen LogP contribution is -2.42. The Morgan fingerprint density at radius 2 is 1.97 bits per heavy atom. The highest BCUT2D eigenvalue weighted by Gasteiger charge is 2.30. The van der Waals surface area contributed by atoms with Crippen molar-refractivity contribution < 1.29 is 9.47 Å². The fourth-order valence-corrected chi connectivity index (χ4v) is 4.66. The zero-order valence-corrected chi connectivity index (χ0v) is 18.3. The molecule has 0 atom stereocenters. The Bertz CT molecular complexity index is 1220. The van der Waals surface area contributed by atoms with E-state index in [1.165, 1.54) is 11.8 Å². The summed E-state index contributed by atoms with van der Waals surface area (Å²) in [6.45, 7) is 0.368. The van der Waals surface area contributed by atoms with Gasteiger partial charge in [0.2, 0.25) is 0 Å². The van der Waals surface area contributed by atoms with Gasteiger partial charge in [-0.25, -0.2) is 4.98 Å². The van der Waals surface area contributed by atoms with E-state index in [4.69, 9.17) is 15.2 Å². The molecule has 0 bridgehead atoms. The van der Waals surface area contributed by atoms with Crippen molar-refractivity contribution in [2.75, 3.05) is 20.0 Å². The van der Waals surface area contributed by atoms with Crippen LogP contribution in [0.4, 0.5) is 0 Å². The number of aromatic nitrogens is 2. The summed E-state index contributed by atoms with van der Waals surface area (Å²) in [7, 11) is 1.56. The van der Waals surface area contributed by atoms with Crippen molar-refractivity contribution in [3.05, 3.63) is 41.7 Å². The third-order valence-corrected chi connectivity index (χ3v) is 6.50. The Kier molecular flexibility index (Phi) is 5.77. The highest BCUT2D eigenvalue weighted by atomic mass is 32.2. The lowest BCUT2D eigenvalue weighted by Gasteiger charge is -2.24. The second kappa shape index (κ2) is 8.50. The van der Waals surface area contributed by atoms with E-state index in [9.17, 15) is 10.5 Å². The van der Waals surface area contributed by atoms with Gasteiger partial charge < -0.3 is 15.2 Å². The summed E-state index contributed by atoms with van der Waals surface area (Å²) in [5.74, 6) is 1.07. The molecule has 0 saturated heterocycles. The van der Waals surface area contributed by atoms with Crippen molar-refractivity contribution in [3.8, 4) is 34.9 Å². The third kappa shape index (κ3) is 3.93. The SMILES string of the molecule is COc1cc(C#N)n2c(-c3cc(OCC4(N)CCCC4)c(C#N)c(SC)c3)cnc2c1. The molecule has 7 nitrogen and oxygen atoms in total. The Labute approximate surface area is 185 Å². The molecule has 1 fully saturated rings. The minimum absolute atomic E-state index is 0.351. The molecule has 2 heterocycles. The number of benzene rings is 1. The molecule has 0 spiro atoms. The van der Waals surface area contributed by atoms with E-state index in [-0.39, 0.29) is 5.54 Å². The van der Waals surface area contributed by atoms with Gasteiger partial charge in [0.05, 0.1) is 24.5 Å². The molecule has 0 aliphatic heterocycles. The minimum atomic E-state index is -0.351. The predicted molar refractivity (Wildman–Crippen MR) is 119 cm³/mol. The molecule has 3 aromatic rings. The van der Waals surface area contributed by atoms with Crippen LogP contribution in [0.3, 0.4) is 0 Å². The van der Waals surface area contributed by atoms with Gasteiger partial charge in [-0.3, -0.25) is 4.40 Å². The van der Waals surface area contributed by atoms with Crippen LogP contribution in [-0.2, 0) is 0 Å². The molecule has 1 aliphatic rings. The van der Waals surface area contributed by atoms with Crippen molar-refractivity contribution in [2.45, 2.75) is 36.1 Å². The van der Waals surface area contributed by atoms with E-state index in [1.807, 2.05) is 18.4 Å². The second-order valence-electron chi connectivity index (χ2n) is 7.75. The van der Waals surface area contributed by atoms with Gasteiger partial charge in [-0.05, 0) is 31.2 Å². The average Bonchev–Trinajstić information content (AvgIpc) is 3.43. The summed E-state index contributed by atoms with van der Waals surface area (Å²) in [6.07, 6.45) is 7.68. The van der Waals surface area contributed by atoms with Gasteiger partial charge in [0.25, 0.3) is 0 Å². The first-order valence-electron chi connectivity index (χ1n) is 10.0. The average molecular weight is 434 g/mol. The monoisotopic (exact) mass is 433 g/mol. The van der Waals surface area contributed by atoms with Crippen molar-refractivity contribution in [3.63, 3.8) is 0 Å². The topological polar surface area (TPSA) is 109 Å². The highest BCUT2D eigenvalue weighted by Crippen LogP contribution is 2.37. The van der Waals surface area contributed by atoms with E-state index in [0.717, 1.165) is 41.8 Å². The van der Waals surface area contributed by atoms with Gasteiger partial charge >= 0.3 is 0 Å². The molecule has 31 heavy (non-hydrogen) atoms. The lowest BCUT2D eigenvalue weighted by atomic mass is 10.0. The number of nitrogens with zero attached hydrogens (tertiary/aromatic N) is 4. The Hall–Kier alpha value is -3.20. The van der Waals surface area contributed by atoms with Crippen molar-refractivity contribution in [2.24, 2.45) is 5.73 Å². The quantitative estimate of drug-likeness (QED) is 0.582. The van der Waals surface area contributed by atoms with E-state index in [1.54, 1.807) is 29.8 Å². The Morgan fingerprint density at radius 3 is 2.61 bits per heavy atom. The molecule has 2 N–H and O–H groups in total. The van der Waals surface area contributed by atoms with Crippen LogP contribution in [-0.4, -0.2) is 34.9 Å². The summed E-state index contributed by atoms with van der Waals surface area (Å²) in [6, 6.07) is 11.7. The number of ether oxygens (including phenoxy) is 2. The first-order valence-corrected chi connectivity index (χ1v) is 11.2. The molecular formula is C23H23N5O2S. The van der Waals surface area contributed by atoms with E-state index >= 15 is 0 Å². The number of fused-ring (bicyclic) bond motifs is 1. The van der Waals surface area contributed by atoms with Crippen LogP contribution in [0.15, 0.2) is 35.4 Å². The lowest BCUT2D eigenvalue weighted by molar-refractivity contribution is 0.219. The zero-order valence-electron chi connectivity index (χ0n) is 17.5. The molecule has 0 amide bonds. The highest BCUT2D eigenvalue weighted by molar-refractivity contribution is 7.98. The zero-order chi connectivity index (χ0) is 22.0. The van der Waals surface area contributed by atoms with Crippen LogP contribution in [0.25, 0.3) is 16.9 Å². The summed E-state index contributed by atoms with van der Waals surface area (Å²) >= 11 is 1.48. The minimum Gasteiger partial charge on any atom is -0.497 e. The summed E-state index contributed by atoms with van der Waals surface area (Å²) in [5.41, 5.74) is 9.17. The molecule has 8 heteroatoms. The van der Waals surface area contributed by atoms with Crippen LogP contribution in [0.5, 0.6) is 11.5 Å². The maximum absolute atomic E-state index is 9.77. The van der Waals surface area contributed by atoms with Crippen LogP contribution < -0.4 is 15.2 Å².